The summed E-state index contributed by atoms with van der Waals surface area (Å²) < 4.78 is 5.12. The molecule has 3 atom stereocenters. The Hall–Kier alpha value is -1.98. The van der Waals surface area contributed by atoms with Gasteiger partial charge >= 0.3 is 0 Å². The molecule has 0 saturated heterocycles. The Morgan fingerprint density at radius 2 is 1.86 bits per heavy atom. The summed E-state index contributed by atoms with van der Waals surface area (Å²) in [5.74, 6) is 0.777. The van der Waals surface area contributed by atoms with E-state index in [0.29, 0.717) is 0 Å². The lowest BCUT2D eigenvalue weighted by Crippen LogP contribution is -2.34. The van der Waals surface area contributed by atoms with Crippen molar-refractivity contribution in [1.82, 2.24) is 15.3 Å². The van der Waals surface area contributed by atoms with E-state index in [1.165, 1.54) is 0 Å². The van der Waals surface area contributed by atoms with Crippen molar-refractivity contribution in [3.63, 3.8) is 0 Å². The van der Waals surface area contributed by atoms with Crippen LogP contribution in [0.1, 0.15) is 37.3 Å². The molecule has 1 aromatic carbocycles. The van der Waals surface area contributed by atoms with Crippen molar-refractivity contribution in [2.45, 2.75) is 32.0 Å². The fraction of sp³-hybridized carbons (Fsp3) is 0.375. The van der Waals surface area contributed by atoms with Gasteiger partial charge < -0.3 is 15.2 Å². The number of aliphatic hydroxyl groups is 1. The van der Waals surface area contributed by atoms with Crippen LogP contribution in [0.3, 0.4) is 0 Å². The number of ether oxygens (including phenoxy) is 1. The molecule has 0 aliphatic heterocycles. The largest absolute Gasteiger partial charge is 0.497 e. The van der Waals surface area contributed by atoms with E-state index < -0.39 is 6.10 Å². The standard InChI is InChI=1S/C16H21N3O2/c1-11(15-10-17-8-9-18-15)19-12(2)16(20)13-4-6-14(21-3)7-5-13/h4-12,16,19-20H,1-3H3/t11-,12+,16+/m0/s1. The fourth-order valence-corrected chi connectivity index (χ4v) is 2.19. The first-order valence-corrected chi connectivity index (χ1v) is 6.95. The van der Waals surface area contributed by atoms with Crippen LogP contribution < -0.4 is 10.1 Å². The monoisotopic (exact) mass is 287 g/mol. The van der Waals surface area contributed by atoms with Gasteiger partial charge in [0.05, 0.1) is 18.9 Å². The van der Waals surface area contributed by atoms with E-state index in [1.807, 2.05) is 38.1 Å². The van der Waals surface area contributed by atoms with Gasteiger partial charge in [-0.05, 0) is 31.5 Å². The van der Waals surface area contributed by atoms with Crippen molar-refractivity contribution in [3.8, 4) is 5.75 Å². The van der Waals surface area contributed by atoms with Crippen LogP contribution in [0, 0.1) is 0 Å². The van der Waals surface area contributed by atoms with Gasteiger partial charge in [-0.15, -0.1) is 0 Å². The summed E-state index contributed by atoms with van der Waals surface area (Å²) in [6, 6.07) is 7.33. The van der Waals surface area contributed by atoms with Gasteiger partial charge in [-0.3, -0.25) is 9.97 Å². The van der Waals surface area contributed by atoms with Crippen molar-refractivity contribution in [2.75, 3.05) is 7.11 Å². The number of hydrogen-bond acceptors (Lipinski definition) is 5. The van der Waals surface area contributed by atoms with E-state index in [-0.39, 0.29) is 12.1 Å². The molecule has 1 aromatic heterocycles. The zero-order chi connectivity index (χ0) is 15.2. The molecule has 0 spiro atoms. The fourth-order valence-electron chi connectivity index (χ4n) is 2.19. The maximum atomic E-state index is 10.4. The van der Waals surface area contributed by atoms with Crippen LogP contribution in [0.25, 0.3) is 0 Å². The number of methoxy groups -OCH3 is 1. The van der Waals surface area contributed by atoms with E-state index in [0.717, 1.165) is 17.0 Å². The number of nitrogens with zero attached hydrogens (tertiary/aromatic N) is 2. The Morgan fingerprint density at radius 3 is 2.43 bits per heavy atom. The minimum atomic E-state index is -0.602. The number of nitrogens with one attached hydrogen (secondary N) is 1. The summed E-state index contributed by atoms with van der Waals surface area (Å²) in [6.45, 7) is 3.95. The van der Waals surface area contributed by atoms with Gasteiger partial charge in [0.15, 0.2) is 0 Å². The molecule has 0 aliphatic rings. The zero-order valence-corrected chi connectivity index (χ0v) is 12.5. The third-order valence-electron chi connectivity index (χ3n) is 3.47. The maximum absolute atomic E-state index is 10.4. The highest BCUT2D eigenvalue weighted by molar-refractivity contribution is 5.29. The topological polar surface area (TPSA) is 67.3 Å². The smallest absolute Gasteiger partial charge is 0.118 e. The van der Waals surface area contributed by atoms with E-state index in [1.54, 1.807) is 25.7 Å². The minimum absolute atomic E-state index is 0.0154. The summed E-state index contributed by atoms with van der Waals surface area (Å²) in [5.41, 5.74) is 1.70. The molecular formula is C16H21N3O2. The van der Waals surface area contributed by atoms with E-state index in [4.69, 9.17) is 4.74 Å². The Balaban J connectivity index is 2.00. The minimum Gasteiger partial charge on any atom is -0.497 e. The van der Waals surface area contributed by atoms with Gasteiger partial charge in [0, 0.05) is 30.7 Å². The average molecular weight is 287 g/mol. The van der Waals surface area contributed by atoms with Crippen molar-refractivity contribution in [3.05, 3.63) is 54.1 Å². The number of rotatable bonds is 6. The van der Waals surface area contributed by atoms with Gasteiger partial charge in [0.2, 0.25) is 0 Å². The first-order chi connectivity index (χ1) is 10.1. The normalized spacial score (nSPS) is 15.2. The van der Waals surface area contributed by atoms with Crippen LogP contribution in [0.5, 0.6) is 5.75 Å². The molecule has 5 heteroatoms. The van der Waals surface area contributed by atoms with Crippen molar-refractivity contribution in [2.24, 2.45) is 0 Å². The van der Waals surface area contributed by atoms with Crippen molar-refractivity contribution < 1.29 is 9.84 Å². The number of benzene rings is 1. The van der Waals surface area contributed by atoms with Gasteiger partial charge in [-0.2, -0.15) is 0 Å². The molecule has 112 valence electrons. The third kappa shape index (κ3) is 4.00. The van der Waals surface area contributed by atoms with Crippen molar-refractivity contribution >= 4 is 0 Å². The SMILES string of the molecule is COc1ccc([C@H](O)[C@@H](C)N[C@@H](C)c2cnccn2)cc1. The molecule has 5 nitrogen and oxygen atoms in total. The molecule has 0 unspecified atom stereocenters. The molecule has 0 aliphatic carbocycles. The van der Waals surface area contributed by atoms with Crippen LogP contribution in [-0.4, -0.2) is 28.2 Å². The zero-order valence-electron chi connectivity index (χ0n) is 12.5. The Kier molecular flexibility index (Phi) is 5.25. The average Bonchev–Trinajstić information content (AvgIpc) is 2.55. The molecule has 2 aromatic rings. The van der Waals surface area contributed by atoms with Gasteiger partial charge in [-0.1, -0.05) is 12.1 Å². The molecule has 0 saturated carbocycles. The van der Waals surface area contributed by atoms with Gasteiger partial charge in [0.1, 0.15) is 5.75 Å². The maximum Gasteiger partial charge on any atom is 0.118 e. The molecule has 0 amide bonds. The Labute approximate surface area is 125 Å². The van der Waals surface area contributed by atoms with Crippen molar-refractivity contribution in [1.29, 1.82) is 0 Å². The predicted molar refractivity (Wildman–Crippen MR) is 81.0 cm³/mol. The number of aromatic nitrogens is 2. The summed E-state index contributed by atoms with van der Waals surface area (Å²) in [6.07, 6.45) is 4.43. The first-order valence-electron chi connectivity index (χ1n) is 6.95. The van der Waals surface area contributed by atoms with Crippen LogP contribution >= 0.6 is 0 Å². The highest BCUT2D eigenvalue weighted by atomic mass is 16.5. The second-order valence-corrected chi connectivity index (χ2v) is 5.03. The predicted octanol–water partition coefficient (Wildman–Crippen LogP) is 2.26. The lowest BCUT2D eigenvalue weighted by Gasteiger charge is -2.24. The highest BCUT2D eigenvalue weighted by Crippen LogP contribution is 2.21. The van der Waals surface area contributed by atoms with Crippen LogP contribution in [0.15, 0.2) is 42.9 Å². The Bertz CT molecular complexity index is 545. The molecular weight excluding hydrogens is 266 g/mol. The third-order valence-corrected chi connectivity index (χ3v) is 3.47. The number of aliphatic hydroxyl groups excluding tert-OH is 1. The lowest BCUT2D eigenvalue weighted by atomic mass is 10.0. The summed E-state index contributed by atoms with van der Waals surface area (Å²) in [7, 11) is 1.62. The first kappa shape index (κ1) is 15.4. The van der Waals surface area contributed by atoms with Gasteiger partial charge in [0.25, 0.3) is 0 Å². The second kappa shape index (κ2) is 7.15. The summed E-state index contributed by atoms with van der Waals surface area (Å²) >= 11 is 0. The quantitative estimate of drug-likeness (QED) is 0.853. The summed E-state index contributed by atoms with van der Waals surface area (Å²) in [5, 5.41) is 13.7. The molecule has 0 bridgehead atoms. The van der Waals surface area contributed by atoms with Crippen LogP contribution in [0.2, 0.25) is 0 Å². The molecule has 2 rings (SSSR count). The van der Waals surface area contributed by atoms with Crippen LogP contribution in [0.4, 0.5) is 0 Å². The molecule has 21 heavy (non-hydrogen) atoms. The molecule has 0 radical (unpaired) electrons. The molecule has 1 heterocycles. The Morgan fingerprint density at radius 1 is 1.14 bits per heavy atom. The van der Waals surface area contributed by atoms with Crippen LogP contribution in [-0.2, 0) is 0 Å². The second-order valence-electron chi connectivity index (χ2n) is 5.03. The summed E-state index contributed by atoms with van der Waals surface area (Å²) in [4.78, 5) is 8.32. The van der Waals surface area contributed by atoms with E-state index in [9.17, 15) is 5.11 Å². The lowest BCUT2D eigenvalue weighted by molar-refractivity contribution is 0.130. The van der Waals surface area contributed by atoms with E-state index >= 15 is 0 Å². The highest BCUT2D eigenvalue weighted by Gasteiger charge is 2.19. The number of hydrogen-bond donors (Lipinski definition) is 2. The molecule has 0 fully saturated rings. The molecule has 2 N–H and O–H groups in total. The van der Waals surface area contributed by atoms with Gasteiger partial charge in [-0.25, -0.2) is 0 Å². The van der Waals surface area contributed by atoms with E-state index in [2.05, 4.69) is 15.3 Å².